The SMILES string of the molecule is COc1cc2ncc(-c3nc(NC4CCNC4)ncc3F)n2nc1C1CC(C)(C)C1. The lowest BCUT2D eigenvalue weighted by Crippen LogP contribution is -2.31. The molecular weight excluding hydrogens is 385 g/mol. The van der Waals surface area contributed by atoms with Gasteiger partial charge in [-0.1, -0.05) is 13.8 Å². The van der Waals surface area contributed by atoms with Gasteiger partial charge in [0, 0.05) is 24.6 Å². The van der Waals surface area contributed by atoms with Crippen molar-refractivity contribution in [2.24, 2.45) is 5.41 Å². The number of rotatable bonds is 5. The normalized spacial score (nSPS) is 21.0. The van der Waals surface area contributed by atoms with Crippen molar-refractivity contribution >= 4 is 11.6 Å². The molecule has 0 spiro atoms. The molecule has 3 aromatic heterocycles. The van der Waals surface area contributed by atoms with Crippen LogP contribution in [-0.4, -0.2) is 50.8 Å². The second kappa shape index (κ2) is 7.16. The predicted octanol–water partition coefficient (Wildman–Crippen LogP) is 3.01. The first kappa shape index (κ1) is 19.2. The number of methoxy groups -OCH3 is 1. The van der Waals surface area contributed by atoms with Gasteiger partial charge in [-0.25, -0.2) is 23.9 Å². The van der Waals surface area contributed by atoms with Gasteiger partial charge in [0.1, 0.15) is 22.8 Å². The van der Waals surface area contributed by atoms with Crippen molar-refractivity contribution < 1.29 is 9.13 Å². The van der Waals surface area contributed by atoms with Crippen LogP contribution in [0.4, 0.5) is 10.3 Å². The molecule has 1 aliphatic heterocycles. The summed E-state index contributed by atoms with van der Waals surface area (Å²) >= 11 is 0. The molecule has 1 aliphatic carbocycles. The van der Waals surface area contributed by atoms with Gasteiger partial charge >= 0.3 is 0 Å². The number of imidazole rings is 1. The number of hydrogen-bond acceptors (Lipinski definition) is 7. The van der Waals surface area contributed by atoms with E-state index in [9.17, 15) is 4.39 Å². The molecule has 2 N–H and O–H groups in total. The molecule has 0 bridgehead atoms. The van der Waals surface area contributed by atoms with Gasteiger partial charge in [-0.05, 0) is 31.2 Å². The standard InChI is InChI=1S/C21H26FN7O/c1-21(2)7-12(8-21)18-16(30-3)6-17-24-11-15(29(17)28-18)19-14(22)10-25-20(27-19)26-13-4-5-23-9-13/h6,10-13,23H,4-5,7-9H2,1-3H3,(H,25,26,27). The molecular formula is C21H26FN7O. The highest BCUT2D eigenvalue weighted by atomic mass is 19.1. The van der Waals surface area contributed by atoms with E-state index < -0.39 is 5.82 Å². The lowest BCUT2D eigenvalue weighted by Gasteiger charge is -2.42. The molecule has 4 heterocycles. The summed E-state index contributed by atoms with van der Waals surface area (Å²) < 4.78 is 21.9. The lowest BCUT2D eigenvalue weighted by atomic mass is 9.63. The summed E-state index contributed by atoms with van der Waals surface area (Å²) in [5.41, 5.74) is 2.46. The fourth-order valence-electron chi connectivity index (χ4n) is 4.56. The number of hydrogen-bond donors (Lipinski definition) is 2. The summed E-state index contributed by atoms with van der Waals surface area (Å²) in [5.74, 6) is 0.941. The highest BCUT2D eigenvalue weighted by Gasteiger charge is 2.39. The zero-order valence-electron chi connectivity index (χ0n) is 17.4. The first-order chi connectivity index (χ1) is 14.4. The third-order valence-electron chi connectivity index (χ3n) is 6.07. The van der Waals surface area contributed by atoms with E-state index in [-0.39, 0.29) is 11.7 Å². The minimum atomic E-state index is -0.504. The highest BCUT2D eigenvalue weighted by Crippen LogP contribution is 2.51. The Kier molecular flexibility index (Phi) is 4.57. The Hall–Kier alpha value is -2.81. The van der Waals surface area contributed by atoms with Gasteiger partial charge in [-0.2, -0.15) is 5.10 Å². The molecule has 2 fully saturated rings. The molecule has 1 unspecified atom stereocenters. The maximum atomic E-state index is 14.7. The second-order valence-electron chi connectivity index (χ2n) is 9.00. The first-order valence-electron chi connectivity index (χ1n) is 10.4. The van der Waals surface area contributed by atoms with Crippen LogP contribution in [0.3, 0.4) is 0 Å². The van der Waals surface area contributed by atoms with Crippen molar-refractivity contribution in [1.82, 2.24) is 29.9 Å². The molecule has 2 aliphatic rings. The predicted molar refractivity (Wildman–Crippen MR) is 111 cm³/mol. The Balaban J connectivity index is 1.54. The van der Waals surface area contributed by atoms with Crippen LogP contribution >= 0.6 is 0 Å². The van der Waals surface area contributed by atoms with E-state index in [1.807, 2.05) is 6.07 Å². The Labute approximate surface area is 174 Å². The number of nitrogens with one attached hydrogen (secondary N) is 2. The number of anilines is 1. The van der Waals surface area contributed by atoms with Crippen molar-refractivity contribution in [2.45, 2.75) is 45.1 Å². The van der Waals surface area contributed by atoms with Crippen molar-refractivity contribution in [3.63, 3.8) is 0 Å². The first-order valence-corrected chi connectivity index (χ1v) is 10.4. The van der Waals surface area contributed by atoms with Gasteiger partial charge < -0.3 is 15.4 Å². The van der Waals surface area contributed by atoms with E-state index in [2.05, 4.69) is 39.4 Å². The zero-order chi connectivity index (χ0) is 20.9. The largest absolute Gasteiger partial charge is 0.495 e. The fourth-order valence-corrected chi connectivity index (χ4v) is 4.56. The van der Waals surface area contributed by atoms with Crippen LogP contribution in [0.25, 0.3) is 17.0 Å². The molecule has 1 atom stereocenters. The lowest BCUT2D eigenvalue weighted by molar-refractivity contribution is 0.145. The summed E-state index contributed by atoms with van der Waals surface area (Å²) in [4.78, 5) is 13.0. The van der Waals surface area contributed by atoms with Crippen LogP contribution in [0, 0.1) is 11.2 Å². The van der Waals surface area contributed by atoms with E-state index in [0.717, 1.165) is 43.8 Å². The molecule has 3 aromatic rings. The van der Waals surface area contributed by atoms with Crippen molar-refractivity contribution in [2.75, 3.05) is 25.5 Å². The minimum absolute atomic E-state index is 0.184. The van der Waals surface area contributed by atoms with Crippen LogP contribution in [-0.2, 0) is 0 Å². The molecule has 0 amide bonds. The average Bonchev–Trinajstić information content (AvgIpc) is 3.36. The van der Waals surface area contributed by atoms with Crippen molar-refractivity contribution in [3.8, 4) is 17.1 Å². The van der Waals surface area contributed by atoms with Gasteiger partial charge in [-0.3, -0.25) is 0 Å². The quantitative estimate of drug-likeness (QED) is 0.667. The fraction of sp³-hybridized carbons (Fsp3) is 0.524. The molecule has 5 rings (SSSR count). The van der Waals surface area contributed by atoms with Crippen molar-refractivity contribution in [1.29, 1.82) is 0 Å². The molecule has 0 aromatic carbocycles. The molecule has 9 heteroatoms. The number of halogens is 1. The topological polar surface area (TPSA) is 89.3 Å². The van der Waals surface area contributed by atoms with E-state index in [4.69, 9.17) is 9.84 Å². The second-order valence-corrected chi connectivity index (χ2v) is 9.00. The summed E-state index contributed by atoms with van der Waals surface area (Å²) in [6.07, 6.45) is 5.86. The number of ether oxygens (including phenoxy) is 1. The summed E-state index contributed by atoms with van der Waals surface area (Å²) in [6, 6.07) is 2.10. The minimum Gasteiger partial charge on any atom is -0.495 e. The van der Waals surface area contributed by atoms with Crippen LogP contribution in [0.2, 0.25) is 0 Å². The van der Waals surface area contributed by atoms with Crippen LogP contribution < -0.4 is 15.4 Å². The summed E-state index contributed by atoms with van der Waals surface area (Å²) in [7, 11) is 1.64. The Morgan fingerprint density at radius 3 is 2.80 bits per heavy atom. The maximum Gasteiger partial charge on any atom is 0.223 e. The van der Waals surface area contributed by atoms with E-state index in [1.54, 1.807) is 17.8 Å². The van der Waals surface area contributed by atoms with Gasteiger partial charge in [0.15, 0.2) is 11.5 Å². The third-order valence-corrected chi connectivity index (χ3v) is 6.07. The number of nitrogens with zero attached hydrogens (tertiary/aromatic N) is 5. The zero-order valence-corrected chi connectivity index (χ0v) is 17.4. The Bertz CT molecular complexity index is 1080. The molecule has 1 saturated carbocycles. The maximum absolute atomic E-state index is 14.7. The molecule has 30 heavy (non-hydrogen) atoms. The monoisotopic (exact) mass is 411 g/mol. The van der Waals surface area contributed by atoms with Crippen LogP contribution in [0.5, 0.6) is 5.75 Å². The third kappa shape index (κ3) is 3.36. The molecule has 1 saturated heterocycles. The Morgan fingerprint density at radius 1 is 1.27 bits per heavy atom. The summed E-state index contributed by atoms with van der Waals surface area (Å²) in [5, 5.41) is 11.4. The highest BCUT2D eigenvalue weighted by molar-refractivity contribution is 5.62. The average molecular weight is 411 g/mol. The smallest absolute Gasteiger partial charge is 0.223 e. The van der Waals surface area contributed by atoms with Crippen molar-refractivity contribution in [3.05, 3.63) is 30.0 Å². The van der Waals surface area contributed by atoms with Gasteiger partial charge in [-0.15, -0.1) is 0 Å². The molecule has 8 nitrogen and oxygen atoms in total. The molecule has 0 radical (unpaired) electrons. The van der Waals surface area contributed by atoms with Gasteiger partial charge in [0.25, 0.3) is 0 Å². The van der Waals surface area contributed by atoms with Gasteiger partial charge in [0.2, 0.25) is 5.95 Å². The van der Waals surface area contributed by atoms with E-state index in [0.29, 0.717) is 28.6 Å². The van der Waals surface area contributed by atoms with E-state index >= 15 is 0 Å². The Morgan fingerprint density at radius 2 is 2.10 bits per heavy atom. The van der Waals surface area contributed by atoms with Crippen LogP contribution in [0.15, 0.2) is 18.5 Å². The number of aromatic nitrogens is 5. The summed E-state index contributed by atoms with van der Waals surface area (Å²) in [6.45, 7) is 6.29. The number of fused-ring (bicyclic) bond motifs is 1. The van der Waals surface area contributed by atoms with Gasteiger partial charge in [0.05, 0.1) is 19.5 Å². The van der Waals surface area contributed by atoms with E-state index in [1.165, 1.54) is 6.20 Å². The van der Waals surface area contributed by atoms with Crippen LogP contribution in [0.1, 0.15) is 44.7 Å². The molecule has 158 valence electrons.